The molecule has 0 aromatic heterocycles. The zero-order chi connectivity index (χ0) is 21.1. The summed E-state index contributed by atoms with van der Waals surface area (Å²) in [5.41, 5.74) is 1.44. The van der Waals surface area contributed by atoms with Crippen LogP contribution in [0.15, 0.2) is 35.2 Å². The Labute approximate surface area is 187 Å². The molecule has 1 saturated heterocycles. The molecule has 1 heterocycles. The minimum absolute atomic E-state index is 0.210. The highest BCUT2D eigenvalue weighted by Crippen LogP contribution is 2.39. The molecule has 2 amide bonds. The van der Waals surface area contributed by atoms with Crippen LogP contribution in [0.5, 0.6) is 11.5 Å². The highest BCUT2D eigenvalue weighted by molar-refractivity contribution is 8.18. The number of halogens is 3. The van der Waals surface area contributed by atoms with Crippen LogP contribution in [0, 0.1) is 0 Å². The van der Waals surface area contributed by atoms with Crippen molar-refractivity contribution >= 4 is 63.8 Å². The minimum atomic E-state index is -0.322. The molecule has 0 saturated carbocycles. The van der Waals surface area contributed by atoms with Crippen molar-refractivity contribution in [1.29, 1.82) is 0 Å². The van der Waals surface area contributed by atoms with E-state index in [-0.39, 0.29) is 17.8 Å². The molecule has 5 nitrogen and oxygen atoms in total. The van der Waals surface area contributed by atoms with E-state index in [1.54, 1.807) is 43.3 Å². The van der Waals surface area contributed by atoms with Crippen molar-refractivity contribution in [1.82, 2.24) is 4.90 Å². The van der Waals surface area contributed by atoms with E-state index in [9.17, 15) is 9.59 Å². The van der Waals surface area contributed by atoms with Gasteiger partial charge in [0, 0.05) is 6.54 Å². The minimum Gasteiger partial charge on any atom is -0.493 e. The first-order chi connectivity index (χ1) is 13.8. The van der Waals surface area contributed by atoms with Crippen LogP contribution in [0.25, 0.3) is 6.08 Å². The summed E-state index contributed by atoms with van der Waals surface area (Å²) in [6.45, 7) is 2.29. The van der Waals surface area contributed by atoms with E-state index in [2.05, 4.69) is 0 Å². The van der Waals surface area contributed by atoms with Crippen LogP contribution < -0.4 is 9.47 Å². The molecule has 152 valence electrons. The number of rotatable bonds is 6. The Morgan fingerprint density at radius 2 is 1.83 bits per heavy atom. The maximum absolute atomic E-state index is 12.3. The summed E-state index contributed by atoms with van der Waals surface area (Å²) < 4.78 is 11.2. The summed E-state index contributed by atoms with van der Waals surface area (Å²) in [4.78, 5) is 25.7. The highest BCUT2D eigenvalue weighted by atomic mass is 35.5. The van der Waals surface area contributed by atoms with Gasteiger partial charge in [-0.1, -0.05) is 40.9 Å². The number of methoxy groups -OCH3 is 1. The quantitative estimate of drug-likeness (QED) is 0.462. The van der Waals surface area contributed by atoms with Crippen LogP contribution in [0.3, 0.4) is 0 Å². The molecular weight excluding hydrogens is 457 g/mol. The lowest BCUT2D eigenvalue weighted by Crippen LogP contribution is -2.27. The normalized spacial score (nSPS) is 15.3. The van der Waals surface area contributed by atoms with Crippen LogP contribution in [-0.4, -0.2) is 29.7 Å². The Kier molecular flexibility index (Phi) is 7.01. The highest BCUT2D eigenvalue weighted by Gasteiger charge is 2.33. The third-order valence-corrected chi connectivity index (χ3v) is 6.03. The number of thioether (sulfide) groups is 1. The third-order valence-electron chi connectivity index (χ3n) is 4.11. The van der Waals surface area contributed by atoms with Gasteiger partial charge in [-0.3, -0.25) is 14.5 Å². The SMILES string of the molecule is CCN1C(=O)S/C(=C/c2cc(Cl)c(OCc3ccc(Cl)c(Cl)c3)c(OC)c2)C1=O. The van der Waals surface area contributed by atoms with Crippen molar-refractivity contribution in [2.75, 3.05) is 13.7 Å². The number of carbonyl (C=O) groups excluding carboxylic acids is 2. The van der Waals surface area contributed by atoms with Gasteiger partial charge in [-0.15, -0.1) is 0 Å². The van der Waals surface area contributed by atoms with Gasteiger partial charge in [0.1, 0.15) is 6.61 Å². The lowest BCUT2D eigenvalue weighted by atomic mass is 10.1. The predicted octanol–water partition coefficient (Wildman–Crippen LogP) is 6.29. The van der Waals surface area contributed by atoms with Crippen molar-refractivity contribution in [3.05, 3.63) is 61.4 Å². The Balaban J connectivity index is 1.84. The zero-order valence-corrected chi connectivity index (χ0v) is 18.6. The molecule has 0 bridgehead atoms. The van der Waals surface area contributed by atoms with Gasteiger partial charge in [-0.25, -0.2) is 0 Å². The Bertz CT molecular complexity index is 1010. The molecule has 0 atom stereocenters. The van der Waals surface area contributed by atoms with Crippen molar-refractivity contribution in [2.24, 2.45) is 0 Å². The molecule has 0 N–H and O–H groups in total. The van der Waals surface area contributed by atoms with E-state index in [0.29, 0.717) is 43.6 Å². The fourth-order valence-electron chi connectivity index (χ4n) is 2.67. The molecule has 1 aliphatic heterocycles. The summed E-state index contributed by atoms with van der Waals surface area (Å²) >= 11 is 19.2. The summed E-state index contributed by atoms with van der Waals surface area (Å²) in [6, 6.07) is 8.54. The van der Waals surface area contributed by atoms with Crippen LogP contribution in [0.1, 0.15) is 18.1 Å². The molecule has 29 heavy (non-hydrogen) atoms. The fourth-order valence-corrected chi connectivity index (χ4v) is 4.17. The van der Waals surface area contributed by atoms with Gasteiger partial charge in [0.05, 0.1) is 27.1 Å². The second-order valence-electron chi connectivity index (χ2n) is 6.00. The van der Waals surface area contributed by atoms with Gasteiger partial charge in [0.2, 0.25) is 0 Å². The summed E-state index contributed by atoms with van der Waals surface area (Å²) in [6.07, 6.45) is 1.61. The number of benzene rings is 2. The van der Waals surface area contributed by atoms with E-state index in [1.807, 2.05) is 0 Å². The van der Waals surface area contributed by atoms with Gasteiger partial charge in [0.15, 0.2) is 11.5 Å². The number of carbonyl (C=O) groups is 2. The van der Waals surface area contributed by atoms with Gasteiger partial charge in [0.25, 0.3) is 11.1 Å². The monoisotopic (exact) mass is 471 g/mol. The Morgan fingerprint density at radius 1 is 1.07 bits per heavy atom. The van der Waals surface area contributed by atoms with Crippen molar-refractivity contribution in [3.8, 4) is 11.5 Å². The second kappa shape index (κ2) is 9.30. The van der Waals surface area contributed by atoms with E-state index in [1.165, 1.54) is 12.0 Å². The first-order valence-electron chi connectivity index (χ1n) is 8.53. The molecule has 0 spiro atoms. The molecule has 0 unspecified atom stereocenters. The first-order valence-corrected chi connectivity index (χ1v) is 10.5. The van der Waals surface area contributed by atoms with Crippen molar-refractivity contribution < 1.29 is 19.1 Å². The standard InChI is InChI=1S/C20H16Cl3NO4S/c1-3-24-19(25)17(29-20(24)26)9-12-7-15(23)18(16(8-12)27-2)28-10-11-4-5-13(21)14(22)6-11/h4-9H,3,10H2,1-2H3/b17-9+. The number of ether oxygens (including phenoxy) is 2. The molecule has 2 aromatic rings. The topological polar surface area (TPSA) is 55.8 Å². The number of nitrogens with zero attached hydrogens (tertiary/aromatic N) is 1. The van der Waals surface area contributed by atoms with Gasteiger partial charge in [-0.05, 0) is 60.2 Å². The van der Waals surface area contributed by atoms with E-state index >= 15 is 0 Å². The fraction of sp³-hybridized carbons (Fsp3) is 0.200. The van der Waals surface area contributed by atoms with Gasteiger partial charge >= 0.3 is 0 Å². The second-order valence-corrected chi connectivity index (χ2v) is 8.21. The summed E-state index contributed by atoms with van der Waals surface area (Å²) in [5, 5.41) is 0.916. The lowest BCUT2D eigenvalue weighted by Gasteiger charge is -2.14. The molecule has 2 aromatic carbocycles. The largest absolute Gasteiger partial charge is 0.493 e. The molecule has 9 heteroatoms. The van der Waals surface area contributed by atoms with Crippen LogP contribution >= 0.6 is 46.6 Å². The third kappa shape index (κ3) is 4.83. The van der Waals surface area contributed by atoms with Gasteiger partial charge in [-0.2, -0.15) is 0 Å². The molecule has 3 rings (SSSR count). The van der Waals surface area contributed by atoms with E-state index < -0.39 is 0 Å². The first kappa shape index (κ1) is 21.8. The van der Waals surface area contributed by atoms with E-state index in [0.717, 1.165) is 17.3 Å². The van der Waals surface area contributed by atoms with Crippen molar-refractivity contribution in [2.45, 2.75) is 13.5 Å². The summed E-state index contributed by atoms with van der Waals surface area (Å²) in [5.74, 6) is 0.440. The number of hydrogen-bond donors (Lipinski definition) is 0. The average Bonchev–Trinajstić information content (AvgIpc) is 2.95. The number of likely N-dealkylation sites (N-methyl/N-ethyl adjacent to an activating group) is 1. The average molecular weight is 473 g/mol. The molecule has 0 radical (unpaired) electrons. The number of hydrogen-bond acceptors (Lipinski definition) is 5. The Hall–Kier alpha value is -1.86. The van der Waals surface area contributed by atoms with Crippen LogP contribution in [0.4, 0.5) is 4.79 Å². The van der Waals surface area contributed by atoms with Crippen molar-refractivity contribution in [3.63, 3.8) is 0 Å². The molecule has 0 aliphatic carbocycles. The molecule has 1 fully saturated rings. The maximum atomic E-state index is 12.3. The number of amides is 2. The smallest absolute Gasteiger partial charge is 0.293 e. The maximum Gasteiger partial charge on any atom is 0.293 e. The predicted molar refractivity (Wildman–Crippen MR) is 117 cm³/mol. The van der Waals surface area contributed by atoms with Gasteiger partial charge < -0.3 is 9.47 Å². The summed E-state index contributed by atoms with van der Waals surface area (Å²) in [7, 11) is 1.49. The zero-order valence-electron chi connectivity index (χ0n) is 15.5. The molecule has 1 aliphatic rings. The van der Waals surface area contributed by atoms with E-state index in [4.69, 9.17) is 44.3 Å². The molecular formula is C20H16Cl3NO4S. The number of imide groups is 1. The van der Waals surface area contributed by atoms with Crippen LogP contribution in [0.2, 0.25) is 15.1 Å². The lowest BCUT2D eigenvalue weighted by molar-refractivity contribution is -0.122. The van der Waals surface area contributed by atoms with Crippen LogP contribution in [-0.2, 0) is 11.4 Å². The Morgan fingerprint density at radius 3 is 2.45 bits per heavy atom.